The lowest BCUT2D eigenvalue weighted by molar-refractivity contribution is -0.125. The minimum Gasteiger partial charge on any atom is -0.486 e. The summed E-state index contributed by atoms with van der Waals surface area (Å²) in [5.74, 6) is 1.78. The Morgan fingerprint density at radius 3 is 2.97 bits per heavy atom. The topological polar surface area (TPSA) is 105 Å². The summed E-state index contributed by atoms with van der Waals surface area (Å²) < 4.78 is 5.85. The molecule has 0 saturated carbocycles. The van der Waals surface area contributed by atoms with Crippen LogP contribution in [0.3, 0.4) is 0 Å². The molecule has 0 aliphatic carbocycles. The number of carbonyl (C=O) groups is 1. The first-order valence-corrected chi connectivity index (χ1v) is 12.6. The zero-order valence-electron chi connectivity index (χ0n) is 19.6. The second kappa shape index (κ2) is 10.5. The smallest absolute Gasteiger partial charge is 0.246 e. The van der Waals surface area contributed by atoms with E-state index in [4.69, 9.17) is 21.3 Å². The van der Waals surface area contributed by atoms with Crippen molar-refractivity contribution in [3.8, 4) is 5.75 Å². The van der Waals surface area contributed by atoms with Crippen LogP contribution in [0.2, 0.25) is 5.02 Å². The molecule has 184 valence electrons. The van der Waals surface area contributed by atoms with E-state index in [2.05, 4.69) is 32.2 Å². The number of amides is 1. The fourth-order valence-electron chi connectivity index (χ4n) is 3.98. The summed E-state index contributed by atoms with van der Waals surface area (Å²) in [5.41, 5.74) is 2.07. The molecule has 1 aliphatic heterocycles. The quantitative estimate of drug-likeness (QED) is 0.313. The summed E-state index contributed by atoms with van der Waals surface area (Å²) in [5, 5.41) is 8.18. The molecule has 1 aliphatic rings. The number of anilines is 3. The molecule has 2 N–H and O–H groups in total. The number of hydrogen-bond acceptors (Lipinski definition) is 9. The van der Waals surface area contributed by atoms with Gasteiger partial charge < -0.3 is 20.3 Å². The van der Waals surface area contributed by atoms with Crippen molar-refractivity contribution in [3.63, 3.8) is 0 Å². The molecule has 36 heavy (non-hydrogen) atoms. The van der Waals surface area contributed by atoms with Gasteiger partial charge in [0.05, 0.1) is 20.4 Å². The summed E-state index contributed by atoms with van der Waals surface area (Å²) >= 11 is 8.07. The van der Waals surface area contributed by atoms with Gasteiger partial charge in [0, 0.05) is 31.0 Å². The van der Waals surface area contributed by atoms with E-state index < -0.39 is 0 Å². The number of pyridine rings is 1. The van der Waals surface area contributed by atoms with Crippen molar-refractivity contribution in [2.24, 2.45) is 0 Å². The van der Waals surface area contributed by atoms with Crippen molar-refractivity contribution in [1.29, 1.82) is 0 Å². The van der Waals surface area contributed by atoms with Gasteiger partial charge in [0.25, 0.3) is 0 Å². The Hall–Kier alpha value is -3.76. The number of aromatic nitrogens is 4. The van der Waals surface area contributed by atoms with E-state index in [0.29, 0.717) is 53.1 Å². The Kier molecular flexibility index (Phi) is 6.97. The lowest BCUT2D eigenvalue weighted by Gasteiger charge is -2.16. The SMILES string of the molecule is C=CC(=O)N1CCC(Nc2ccc3ncnc(Nc4ccc(OCc5cnc(C)s5)c(Cl)c4)c3n2)C1. The average Bonchev–Trinajstić information content (AvgIpc) is 3.52. The number of thiazole rings is 1. The lowest BCUT2D eigenvalue weighted by atomic mass is 10.2. The molecule has 4 heterocycles. The van der Waals surface area contributed by atoms with Crippen LogP contribution in [0.5, 0.6) is 5.75 Å². The van der Waals surface area contributed by atoms with Crippen LogP contribution >= 0.6 is 22.9 Å². The molecule has 1 unspecified atom stereocenters. The number of halogens is 1. The number of carbonyl (C=O) groups excluding carboxylic acids is 1. The number of rotatable bonds is 8. The number of likely N-dealkylation sites (tertiary alicyclic amines) is 1. The Balaban J connectivity index is 1.30. The van der Waals surface area contributed by atoms with Crippen LogP contribution in [-0.2, 0) is 11.4 Å². The number of ether oxygens (including phenoxy) is 1. The van der Waals surface area contributed by atoms with Gasteiger partial charge in [-0.2, -0.15) is 0 Å². The van der Waals surface area contributed by atoms with Crippen molar-refractivity contribution < 1.29 is 9.53 Å². The van der Waals surface area contributed by atoms with Gasteiger partial charge in [-0.25, -0.2) is 19.9 Å². The maximum absolute atomic E-state index is 11.9. The normalized spacial score (nSPS) is 15.2. The number of fused-ring (bicyclic) bond motifs is 1. The van der Waals surface area contributed by atoms with Gasteiger partial charge in [-0.05, 0) is 49.8 Å². The van der Waals surface area contributed by atoms with E-state index in [9.17, 15) is 4.79 Å². The lowest BCUT2D eigenvalue weighted by Crippen LogP contribution is -2.30. The van der Waals surface area contributed by atoms with Gasteiger partial charge in [0.1, 0.15) is 30.0 Å². The van der Waals surface area contributed by atoms with E-state index in [1.807, 2.05) is 37.4 Å². The van der Waals surface area contributed by atoms with E-state index in [1.54, 1.807) is 22.3 Å². The maximum Gasteiger partial charge on any atom is 0.246 e. The van der Waals surface area contributed by atoms with Crippen molar-refractivity contribution >= 4 is 57.2 Å². The first-order valence-electron chi connectivity index (χ1n) is 11.4. The molecule has 3 aromatic heterocycles. The molecule has 1 fully saturated rings. The second-order valence-electron chi connectivity index (χ2n) is 8.31. The summed E-state index contributed by atoms with van der Waals surface area (Å²) in [6.07, 6.45) is 5.49. The monoisotopic (exact) mass is 521 g/mol. The van der Waals surface area contributed by atoms with Gasteiger partial charge in [0.2, 0.25) is 5.91 Å². The zero-order valence-corrected chi connectivity index (χ0v) is 21.1. The van der Waals surface area contributed by atoms with E-state index in [1.165, 1.54) is 12.4 Å². The standard InChI is InChI=1S/C25H24ClN7O2S/c1-3-23(34)33-9-8-17(12-33)30-22-7-5-20-24(32-22)25(29-14-28-20)31-16-4-6-21(19(26)10-16)35-13-18-11-27-15(2)36-18/h3-7,10-11,14,17H,1,8-9,12-13H2,2H3,(H,30,32)(H,28,29,31). The zero-order chi connectivity index (χ0) is 25.1. The summed E-state index contributed by atoms with van der Waals surface area (Å²) in [4.78, 5) is 32.4. The van der Waals surface area contributed by atoms with Crippen LogP contribution in [-0.4, -0.2) is 49.9 Å². The van der Waals surface area contributed by atoms with E-state index in [-0.39, 0.29) is 11.9 Å². The fourth-order valence-corrected chi connectivity index (χ4v) is 4.93. The van der Waals surface area contributed by atoms with Crippen LogP contribution in [0.25, 0.3) is 11.0 Å². The molecular formula is C25H24ClN7O2S. The van der Waals surface area contributed by atoms with Gasteiger partial charge in [-0.1, -0.05) is 18.2 Å². The van der Waals surface area contributed by atoms with Gasteiger partial charge >= 0.3 is 0 Å². The third-order valence-corrected chi connectivity index (χ3v) is 6.92. The van der Waals surface area contributed by atoms with Gasteiger partial charge in [0.15, 0.2) is 5.82 Å². The predicted molar refractivity (Wildman–Crippen MR) is 142 cm³/mol. The van der Waals surface area contributed by atoms with Crippen molar-refractivity contribution in [3.05, 3.63) is 70.4 Å². The molecular weight excluding hydrogens is 498 g/mol. The summed E-state index contributed by atoms with van der Waals surface area (Å²) in [7, 11) is 0. The van der Waals surface area contributed by atoms with Crippen LogP contribution in [0.15, 0.2) is 55.5 Å². The second-order valence-corrected chi connectivity index (χ2v) is 10.0. The van der Waals surface area contributed by atoms with Crippen LogP contribution in [0.1, 0.15) is 16.3 Å². The summed E-state index contributed by atoms with van der Waals surface area (Å²) in [6.45, 7) is 7.23. The Bertz CT molecular complexity index is 1430. The van der Waals surface area contributed by atoms with Crippen molar-refractivity contribution in [2.75, 3.05) is 23.7 Å². The number of nitrogens with zero attached hydrogens (tertiary/aromatic N) is 5. The molecule has 1 atom stereocenters. The highest BCUT2D eigenvalue weighted by atomic mass is 35.5. The number of benzene rings is 1. The number of nitrogens with one attached hydrogen (secondary N) is 2. The fraction of sp³-hybridized carbons (Fsp3) is 0.240. The van der Waals surface area contributed by atoms with E-state index in [0.717, 1.165) is 22.0 Å². The molecule has 1 amide bonds. The predicted octanol–water partition coefficient (Wildman–Crippen LogP) is 4.96. The average molecular weight is 522 g/mol. The first-order chi connectivity index (χ1) is 17.5. The third kappa shape index (κ3) is 5.39. The highest BCUT2D eigenvalue weighted by Gasteiger charge is 2.25. The molecule has 0 radical (unpaired) electrons. The molecule has 0 spiro atoms. The van der Waals surface area contributed by atoms with Gasteiger partial charge in [-0.3, -0.25) is 4.79 Å². The Labute approximate surface area is 217 Å². The summed E-state index contributed by atoms with van der Waals surface area (Å²) in [6, 6.07) is 9.36. The third-order valence-electron chi connectivity index (χ3n) is 5.74. The molecule has 5 rings (SSSR count). The Morgan fingerprint density at radius 1 is 1.31 bits per heavy atom. The number of aryl methyl sites for hydroxylation is 1. The Morgan fingerprint density at radius 2 is 2.19 bits per heavy atom. The minimum absolute atomic E-state index is 0.0561. The van der Waals surface area contributed by atoms with Crippen molar-refractivity contribution in [2.45, 2.75) is 26.0 Å². The first kappa shape index (κ1) is 24.0. The van der Waals surface area contributed by atoms with Crippen LogP contribution in [0, 0.1) is 6.92 Å². The van der Waals surface area contributed by atoms with Crippen LogP contribution in [0.4, 0.5) is 17.3 Å². The molecule has 4 aromatic rings. The van der Waals surface area contributed by atoms with Crippen molar-refractivity contribution in [1.82, 2.24) is 24.8 Å². The molecule has 0 bridgehead atoms. The molecule has 1 aromatic carbocycles. The molecule has 11 heteroatoms. The van der Waals surface area contributed by atoms with Gasteiger partial charge in [-0.15, -0.1) is 11.3 Å². The van der Waals surface area contributed by atoms with E-state index >= 15 is 0 Å². The molecule has 1 saturated heterocycles. The largest absolute Gasteiger partial charge is 0.486 e. The highest BCUT2D eigenvalue weighted by molar-refractivity contribution is 7.11. The number of hydrogen-bond donors (Lipinski definition) is 2. The van der Waals surface area contributed by atoms with Crippen LogP contribution < -0.4 is 15.4 Å². The minimum atomic E-state index is -0.0561. The maximum atomic E-state index is 11.9. The molecule has 9 nitrogen and oxygen atoms in total. The highest BCUT2D eigenvalue weighted by Crippen LogP contribution is 2.31.